The normalized spacial score (nSPS) is 11.8. The van der Waals surface area contributed by atoms with E-state index in [-0.39, 0.29) is 17.6 Å². The van der Waals surface area contributed by atoms with Crippen molar-refractivity contribution in [2.24, 2.45) is 0 Å². The fourth-order valence-electron chi connectivity index (χ4n) is 3.01. The highest BCUT2D eigenvalue weighted by Gasteiger charge is 2.21. The van der Waals surface area contributed by atoms with Crippen molar-refractivity contribution < 1.29 is 9.59 Å². The summed E-state index contributed by atoms with van der Waals surface area (Å²) >= 11 is 13.5. The second kappa shape index (κ2) is 10.8. The molecule has 0 fully saturated rings. The predicted octanol–water partition coefficient (Wildman–Crippen LogP) is 5.14. The Hall–Kier alpha value is -2.55. The fourth-order valence-corrected chi connectivity index (χ4v) is 4.22. The summed E-state index contributed by atoms with van der Waals surface area (Å²) in [5.41, 5.74) is 1.98. The molecule has 1 atom stereocenters. The number of anilines is 1. The number of hydrogen-bond donors (Lipinski definition) is 2. The van der Waals surface area contributed by atoms with Crippen molar-refractivity contribution in [3.05, 3.63) is 69.5 Å². The Kier molecular flexibility index (Phi) is 8.17. The van der Waals surface area contributed by atoms with Crippen LogP contribution in [0.3, 0.4) is 0 Å². The van der Waals surface area contributed by atoms with E-state index in [4.69, 9.17) is 23.2 Å². The highest BCUT2D eigenvalue weighted by Crippen LogP contribution is 2.23. The van der Waals surface area contributed by atoms with Crippen LogP contribution >= 0.6 is 35.0 Å². The lowest BCUT2D eigenvalue weighted by Gasteiger charge is -2.15. The molecule has 168 valence electrons. The van der Waals surface area contributed by atoms with Crippen LogP contribution in [0.15, 0.2) is 47.6 Å². The molecule has 2 N–H and O–H groups in total. The average molecular weight is 492 g/mol. The standard InChI is InChI=1S/C22H23Cl2N5O2S/c1-4-29-20(14(3)25-21(31)16-7-5-6-8-17(16)23)27-28-22(29)32-12-19(30)26-15-10-9-13(2)18(24)11-15/h5-11,14H,4,12H2,1-3H3,(H,25,31)(H,26,30)/t14-/m1/s1. The summed E-state index contributed by atoms with van der Waals surface area (Å²) in [7, 11) is 0. The third-order valence-corrected chi connectivity index (χ3v) is 6.41. The number of rotatable bonds is 8. The topological polar surface area (TPSA) is 88.9 Å². The zero-order chi connectivity index (χ0) is 23.3. The molecule has 2 amide bonds. The number of carbonyl (C=O) groups excluding carboxylic acids is 2. The fraction of sp³-hybridized carbons (Fsp3) is 0.273. The van der Waals surface area contributed by atoms with Gasteiger partial charge < -0.3 is 15.2 Å². The van der Waals surface area contributed by atoms with E-state index in [1.54, 1.807) is 36.4 Å². The van der Waals surface area contributed by atoms with Crippen LogP contribution in [0.2, 0.25) is 10.0 Å². The molecule has 0 aliphatic heterocycles. The molecule has 10 heteroatoms. The van der Waals surface area contributed by atoms with Crippen molar-refractivity contribution >= 4 is 52.5 Å². The van der Waals surface area contributed by atoms with Gasteiger partial charge in [0, 0.05) is 17.3 Å². The molecule has 7 nitrogen and oxygen atoms in total. The van der Waals surface area contributed by atoms with Gasteiger partial charge in [-0.3, -0.25) is 9.59 Å². The molecule has 0 bridgehead atoms. The Morgan fingerprint density at radius 1 is 1.12 bits per heavy atom. The van der Waals surface area contributed by atoms with Gasteiger partial charge in [0.15, 0.2) is 11.0 Å². The zero-order valence-corrected chi connectivity index (χ0v) is 20.2. The van der Waals surface area contributed by atoms with Gasteiger partial charge in [0.05, 0.1) is 22.4 Å². The predicted molar refractivity (Wildman–Crippen MR) is 129 cm³/mol. The van der Waals surface area contributed by atoms with E-state index < -0.39 is 6.04 Å². The van der Waals surface area contributed by atoms with Crippen LogP contribution < -0.4 is 10.6 Å². The van der Waals surface area contributed by atoms with E-state index in [1.165, 1.54) is 11.8 Å². The van der Waals surface area contributed by atoms with E-state index in [1.807, 2.05) is 31.4 Å². The summed E-state index contributed by atoms with van der Waals surface area (Å²) < 4.78 is 1.87. The van der Waals surface area contributed by atoms with Crippen LogP contribution in [-0.4, -0.2) is 32.3 Å². The summed E-state index contributed by atoms with van der Waals surface area (Å²) in [5, 5.41) is 15.7. The van der Waals surface area contributed by atoms with Gasteiger partial charge in [0.1, 0.15) is 0 Å². The van der Waals surface area contributed by atoms with E-state index in [0.717, 1.165) is 5.56 Å². The molecule has 0 aliphatic carbocycles. The molecule has 3 rings (SSSR count). The average Bonchev–Trinajstić information content (AvgIpc) is 3.18. The number of benzene rings is 2. The minimum Gasteiger partial charge on any atom is -0.342 e. The van der Waals surface area contributed by atoms with E-state index >= 15 is 0 Å². The second-order valence-corrected chi connectivity index (χ2v) is 8.82. The van der Waals surface area contributed by atoms with Crippen molar-refractivity contribution in [3.63, 3.8) is 0 Å². The third-order valence-electron chi connectivity index (χ3n) is 4.70. The van der Waals surface area contributed by atoms with Crippen molar-refractivity contribution in [1.82, 2.24) is 20.1 Å². The molecular weight excluding hydrogens is 469 g/mol. The Balaban J connectivity index is 1.63. The van der Waals surface area contributed by atoms with Crippen molar-refractivity contribution in [2.45, 2.75) is 38.5 Å². The number of nitrogens with one attached hydrogen (secondary N) is 2. The van der Waals surface area contributed by atoms with Crippen LogP contribution in [0.1, 0.15) is 41.6 Å². The van der Waals surface area contributed by atoms with Crippen molar-refractivity contribution in [1.29, 1.82) is 0 Å². The number of carbonyl (C=O) groups is 2. The third kappa shape index (κ3) is 5.82. The Labute approximate surface area is 200 Å². The summed E-state index contributed by atoms with van der Waals surface area (Å²) in [4.78, 5) is 24.9. The first-order valence-electron chi connectivity index (χ1n) is 9.97. The quantitative estimate of drug-likeness (QED) is 0.426. The Morgan fingerprint density at radius 3 is 2.56 bits per heavy atom. The Morgan fingerprint density at radius 2 is 1.88 bits per heavy atom. The van der Waals surface area contributed by atoms with Gasteiger partial charge in [-0.1, -0.05) is 53.2 Å². The molecule has 0 unspecified atom stereocenters. The van der Waals surface area contributed by atoms with E-state index in [0.29, 0.717) is 38.8 Å². The highest BCUT2D eigenvalue weighted by atomic mass is 35.5. The molecule has 1 aromatic heterocycles. The van der Waals surface area contributed by atoms with Crippen LogP contribution in [0, 0.1) is 6.92 Å². The molecule has 3 aromatic rings. The number of nitrogens with zero attached hydrogens (tertiary/aromatic N) is 3. The first-order valence-corrected chi connectivity index (χ1v) is 11.7. The van der Waals surface area contributed by atoms with Gasteiger partial charge >= 0.3 is 0 Å². The lowest BCUT2D eigenvalue weighted by molar-refractivity contribution is -0.113. The summed E-state index contributed by atoms with van der Waals surface area (Å²) in [6.45, 7) is 6.27. The second-order valence-electron chi connectivity index (χ2n) is 7.06. The molecule has 0 spiro atoms. The first-order chi connectivity index (χ1) is 15.3. The zero-order valence-electron chi connectivity index (χ0n) is 17.9. The van der Waals surface area contributed by atoms with Crippen molar-refractivity contribution in [2.75, 3.05) is 11.1 Å². The number of aromatic nitrogens is 3. The van der Waals surface area contributed by atoms with Gasteiger partial charge in [0.2, 0.25) is 5.91 Å². The maximum Gasteiger partial charge on any atom is 0.253 e. The lowest BCUT2D eigenvalue weighted by Crippen LogP contribution is -2.29. The van der Waals surface area contributed by atoms with Gasteiger partial charge in [0.25, 0.3) is 5.91 Å². The smallest absolute Gasteiger partial charge is 0.253 e. The number of aryl methyl sites for hydroxylation is 1. The number of amides is 2. The van der Waals surface area contributed by atoms with E-state index in [2.05, 4.69) is 20.8 Å². The van der Waals surface area contributed by atoms with Crippen molar-refractivity contribution in [3.8, 4) is 0 Å². The maximum atomic E-state index is 12.6. The van der Waals surface area contributed by atoms with E-state index in [9.17, 15) is 9.59 Å². The van der Waals surface area contributed by atoms with Gasteiger partial charge in [-0.05, 0) is 50.6 Å². The number of hydrogen-bond acceptors (Lipinski definition) is 5. The highest BCUT2D eigenvalue weighted by molar-refractivity contribution is 7.99. The van der Waals surface area contributed by atoms with Crippen LogP contribution in [0.5, 0.6) is 0 Å². The number of thioether (sulfide) groups is 1. The first kappa shape index (κ1) is 24.1. The largest absolute Gasteiger partial charge is 0.342 e. The van der Waals surface area contributed by atoms with Crippen LogP contribution in [0.25, 0.3) is 0 Å². The van der Waals surface area contributed by atoms with Gasteiger partial charge in [-0.15, -0.1) is 10.2 Å². The summed E-state index contributed by atoms with van der Waals surface area (Å²) in [5.74, 6) is 0.284. The molecule has 1 heterocycles. The molecule has 0 saturated carbocycles. The Bertz CT molecular complexity index is 1140. The molecular formula is C22H23Cl2N5O2S. The van der Waals surface area contributed by atoms with Gasteiger partial charge in [-0.2, -0.15) is 0 Å². The van der Waals surface area contributed by atoms with Crippen LogP contribution in [-0.2, 0) is 11.3 Å². The number of halogens is 2. The molecule has 0 aliphatic rings. The minimum atomic E-state index is -0.399. The monoisotopic (exact) mass is 491 g/mol. The van der Waals surface area contributed by atoms with Gasteiger partial charge in [-0.25, -0.2) is 0 Å². The lowest BCUT2D eigenvalue weighted by atomic mass is 10.2. The summed E-state index contributed by atoms with van der Waals surface area (Å²) in [6.07, 6.45) is 0. The van der Waals surface area contributed by atoms with Crippen LogP contribution in [0.4, 0.5) is 5.69 Å². The molecule has 0 radical (unpaired) electrons. The molecule has 0 saturated heterocycles. The molecule has 32 heavy (non-hydrogen) atoms. The SMILES string of the molecule is CCn1c(SCC(=O)Nc2ccc(C)c(Cl)c2)nnc1[C@@H](C)NC(=O)c1ccccc1Cl. The summed E-state index contributed by atoms with van der Waals surface area (Å²) in [6, 6.07) is 11.8. The molecule has 2 aromatic carbocycles. The minimum absolute atomic E-state index is 0.157. The maximum absolute atomic E-state index is 12.6.